The van der Waals surface area contributed by atoms with Gasteiger partial charge in [0.2, 0.25) is 0 Å². The molecule has 0 unspecified atom stereocenters. The van der Waals surface area contributed by atoms with E-state index >= 15 is 0 Å². The zero-order valence-corrected chi connectivity index (χ0v) is 18.2. The van der Waals surface area contributed by atoms with Gasteiger partial charge in [0, 0.05) is 33.7 Å². The van der Waals surface area contributed by atoms with Gasteiger partial charge in [-0.3, -0.25) is 0 Å². The Morgan fingerprint density at radius 1 is 1.38 bits per heavy atom. The summed E-state index contributed by atoms with van der Waals surface area (Å²) in [6.45, 7) is 6.01. The van der Waals surface area contributed by atoms with Crippen molar-refractivity contribution in [1.82, 2.24) is 24.8 Å². The monoisotopic (exact) mass is 424 g/mol. The predicted octanol–water partition coefficient (Wildman–Crippen LogP) is 3.58. The van der Waals surface area contributed by atoms with Gasteiger partial charge in [0.25, 0.3) is 0 Å². The Morgan fingerprint density at radius 2 is 2.24 bits per heavy atom. The van der Waals surface area contributed by atoms with Crippen LogP contribution in [0.4, 0.5) is 5.82 Å². The van der Waals surface area contributed by atoms with Crippen LogP contribution in [0.25, 0.3) is 11.2 Å². The molecule has 0 amide bonds. The fourth-order valence-electron chi connectivity index (χ4n) is 3.34. The number of nitrogens with two attached hydrogens (primary N) is 1. The first-order chi connectivity index (χ1) is 14.1. The first-order valence-corrected chi connectivity index (χ1v) is 11.5. The number of nitrogens with zero attached hydrogens (tertiary/aromatic N) is 4. The molecule has 3 heterocycles. The van der Waals surface area contributed by atoms with E-state index in [2.05, 4.69) is 51.8 Å². The van der Waals surface area contributed by atoms with Crippen LogP contribution in [0.1, 0.15) is 31.4 Å². The van der Waals surface area contributed by atoms with E-state index in [1.165, 1.54) is 16.8 Å². The third-order valence-corrected chi connectivity index (χ3v) is 6.94. The molecule has 3 aromatic rings. The lowest BCUT2D eigenvalue weighted by Gasteiger charge is -2.12. The highest BCUT2D eigenvalue weighted by Gasteiger charge is 2.19. The average Bonchev–Trinajstić information content (AvgIpc) is 3.29. The Hall–Kier alpha value is -2.21. The molecular formula is C21H24N6S2. The highest BCUT2D eigenvalue weighted by Crippen LogP contribution is 2.39. The fourth-order valence-corrected chi connectivity index (χ4v) is 5.48. The molecule has 0 atom stereocenters. The highest BCUT2D eigenvalue weighted by atomic mass is 32.2. The summed E-state index contributed by atoms with van der Waals surface area (Å²) in [6, 6.07) is 4.81. The zero-order valence-electron chi connectivity index (χ0n) is 16.6. The van der Waals surface area contributed by atoms with E-state index in [-0.39, 0.29) is 0 Å². The van der Waals surface area contributed by atoms with Crippen LogP contribution in [0.2, 0.25) is 0 Å². The van der Waals surface area contributed by atoms with E-state index in [9.17, 15) is 0 Å². The summed E-state index contributed by atoms with van der Waals surface area (Å²) in [7, 11) is 0. The van der Waals surface area contributed by atoms with Crippen LogP contribution in [0, 0.1) is 12.3 Å². The van der Waals surface area contributed by atoms with Crippen molar-refractivity contribution in [2.45, 2.75) is 54.2 Å². The summed E-state index contributed by atoms with van der Waals surface area (Å²) in [5.74, 6) is 4.35. The molecule has 4 rings (SSSR count). The van der Waals surface area contributed by atoms with Crippen molar-refractivity contribution in [1.29, 1.82) is 0 Å². The summed E-state index contributed by atoms with van der Waals surface area (Å²) in [5, 5.41) is 4.30. The quantitative estimate of drug-likeness (QED) is 0.443. The zero-order chi connectivity index (χ0) is 20.4. The molecule has 0 aliphatic carbocycles. The summed E-state index contributed by atoms with van der Waals surface area (Å²) in [6.07, 6.45) is 9.35. The molecule has 29 heavy (non-hydrogen) atoms. The fraction of sp³-hybridized carbons (Fsp3) is 0.381. The second-order valence-electron chi connectivity index (χ2n) is 7.24. The molecule has 0 bridgehead atoms. The van der Waals surface area contributed by atoms with Gasteiger partial charge in [-0.25, -0.2) is 15.0 Å². The molecule has 2 aromatic heterocycles. The Labute approximate surface area is 179 Å². The minimum atomic E-state index is 0.401. The molecule has 3 N–H and O–H groups in total. The maximum absolute atomic E-state index is 6.07. The number of hydrogen-bond donors (Lipinski definition) is 2. The standard InChI is InChI=1S/C21H24N6S2/c1-4-14-10-16-15(6-9-28-16)11-17(14)29-21-26-18-19(22)24-12-25-20(18)27(21)8-5-7-23-13(2)3/h1,10-13,23H,5-9H2,2-3H3,(H2,22,24,25). The summed E-state index contributed by atoms with van der Waals surface area (Å²) < 4.78 is 2.13. The number of aromatic nitrogens is 4. The van der Waals surface area contributed by atoms with Crippen molar-refractivity contribution in [3.05, 3.63) is 29.6 Å². The summed E-state index contributed by atoms with van der Waals surface area (Å²) in [4.78, 5) is 15.7. The van der Waals surface area contributed by atoms with Crippen molar-refractivity contribution >= 4 is 40.5 Å². The maximum atomic E-state index is 6.07. The van der Waals surface area contributed by atoms with Crippen LogP contribution >= 0.6 is 23.5 Å². The van der Waals surface area contributed by atoms with Gasteiger partial charge in [-0.1, -0.05) is 31.5 Å². The van der Waals surface area contributed by atoms with Crippen LogP contribution in [0.15, 0.2) is 33.4 Å². The van der Waals surface area contributed by atoms with E-state index in [1.807, 2.05) is 11.8 Å². The first kappa shape index (κ1) is 20.1. The number of nitrogen functional groups attached to an aromatic ring is 1. The third kappa shape index (κ3) is 4.22. The van der Waals surface area contributed by atoms with Gasteiger partial charge >= 0.3 is 0 Å². The lowest BCUT2D eigenvalue weighted by Crippen LogP contribution is -2.24. The van der Waals surface area contributed by atoms with E-state index in [0.29, 0.717) is 17.4 Å². The van der Waals surface area contributed by atoms with Gasteiger partial charge in [-0.05, 0) is 37.1 Å². The Balaban J connectivity index is 1.69. The largest absolute Gasteiger partial charge is 0.382 e. The van der Waals surface area contributed by atoms with Crippen molar-refractivity contribution in [2.75, 3.05) is 18.0 Å². The molecule has 1 aromatic carbocycles. The number of hydrogen-bond acceptors (Lipinski definition) is 7. The van der Waals surface area contributed by atoms with E-state index < -0.39 is 0 Å². The molecule has 1 aliphatic rings. The molecule has 0 saturated heterocycles. The number of aryl methyl sites for hydroxylation is 2. The minimum absolute atomic E-state index is 0.401. The molecule has 6 nitrogen and oxygen atoms in total. The maximum Gasteiger partial charge on any atom is 0.175 e. The summed E-state index contributed by atoms with van der Waals surface area (Å²) in [5.41, 5.74) is 9.75. The number of rotatable bonds is 7. The smallest absolute Gasteiger partial charge is 0.175 e. The Kier molecular flexibility index (Phi) is 5.99. The Bertz CT molecular complexity index is 1080. The molecule has 150 valence electrons. The SMILES string of the molecule is C#Cc1cc2c(cc1Sc1nc3c(N)ncnc3n1CCCNC(C)C)CCS2. The molecule has 0 radical (unpaired) electrons. The van der Waals surface area contributed by atoms with Crippen LogP contribution in [0.3, 0.4) is 0 Å². The lowest BCUT2D eigenvalue weighted by molar-refractivity contribution is 0.525. The minimum Gasteiger partial charge on any atom is -0.382 e. The predicted molar refractivity (Wildman–Crippen MR) is 120 cm³/mol. The van der Waals surface area contributed by atoms with Crippen molar-refractivity contribution in [3.8, 4) is 12.3 Å². The van der Waals surface area contributed by atoms with Crippen molar-refractivity contribution in [3.63, 3.8) is 0 Å². The van der Waals surface area contributed by atoms with E-state index in [1.54, 1.807) is 11.8 Å². The number of anilines is 1. The van der Waals surface area contributed by atoms with Crippen LogP contribution in [0.5, 0.6) is 0 Å². The molecule has 0 spiro atoms. The van der Waals surface area contributed by atoms with Crippen molar-refractivity contribution < 1.29 is 0 Å². The van der Waals surface area contributed by atoms with Gasteiger partial charge in [0.05, 0.1) is 0 Å². The molecule has 0 fully saturated rings. The number of nitrogens with one attached hydrogen (secondary N) is 1. The molecule has 1 aliphatic heterocycles. The topological polar surface area (TPSA) is 81.7 Å². The van der Waals surface area contributed by atoms with E-state index in [4.69, 9.17) is 17.1 Å². The van der Waals surface area contributed by atoms with E-state index in [0.717, 1.165) is 52.9 Å². The third-order valence-electron chi connectivity index (χ3n) is 4.78. The number of benzene rings is 1. The number of imidazole rings is 1. The van der Waals surface area contributed by atoms with Gasteiger partial charge in [-0.2, -0.15) is 0 Å². The highest BCUT2D eigenvalue weighted by molar-refractivity contribution is 8.00. The normalized spacial score (nSPS) is 13.2. The number of fused-ring (bicyclic) bond motifs is 2. The lowest BCUT2D eigenvalue weighted by atomic mass is 10.1. The molecule has 8 heteroatoms. The molecular weight excluding hydrogens is 400 g/mol. The Morgan fingerprint density at radius 3 is 3.03 bits per heavy atom. The average molecular weight is 425 g/mol. The van der Waals surface area contributed by atoms with Gasteiger partial charge < -0.3 is 15.6 Å². The van der Waals surface area contributed by atoms with Crippen LogP contribution in [-0.4, -0.2) is 37.9 Å². The van der Waals surface area contributed by atoms with Gasteiger partial charge in [-0.15, -0.1) is 18.2 Å². The number of terminal acetylenes is 1. The summed E-state index contributed by atoms with van der Waals surface area (Å²) >= 11 is 3.46. The van der Waals surface area contributed by atoms with Crippen molar-refractivity contribution in [2.24, 2.45) is 0 Å². The second kappa shape index (κ2) is 8.66. The first-order valence-electron chi connectivity index (χ1n) is 9.71. The van der Waals surface area contributed by atoms with Gasteiger partial charge in [0.1, 0.15) is 6.33 Å². The second-order valence-corrected chi connectivity index (χ2v) is 9.39. The van der Waals surface area contributed by atoms with Crippen LogP contribution < -0.4 is 11.1 Å². The van der Waals surface area contributed by atoms with Crippen LogP contribution in [-0.2, 0) is 13.0 Å². The van der Waals surface area contributed by atoms with Gasteiger partial charge in [0.15, 0.2) is 22.1 Å². The molecule has 0 saturated carbocycles. The number of thioether (sulfide) groups is 1.